The van der Waals surface area contributed by atoms with Gasteiger partial charge in [-0.3, -0.25) is 0 Å². The van der Waals surface area contributed by atoms with E-state index in [0.717, 1.165) is 17.8 Å². The molecule has 0 radical (unpaired) electrons. The molecular formula is C8H7BrF3NS. The minimum Gasteiger partial charge on any atom is -0.399 e. The van der Waals surface area contributed by atoms with Gasteiger partial charge in [0.1, 0.15) is 0 Å². The van der Waals surface area contributed by atoms with Gasteiger partial charge >= 0.3 is 6.18 Å². The van der Waals surface area contributed by atoms with Gasteiger partial charge in [-0.1, -0.05) is 0 Å². The van der Waals surface area contributed by atoms with Crippen molar-refractivity contribution in [2.45, 2.75) is 11.1 Å². The zero-order valence-electron chi connectivity index (χ0n) is 7.15. The van der Waals surface area contributed by atoms with Crippen LogP contribution in [0, 0.1) is 0 Å². The molecule has 6 heteroatoms. The molecule has 0 aliphatic carbocycles. The Balaban J connectivity index is 3.40. The van der Waals surface area contributed by atoms with Crippen molar-refractivity contribution in [2.24, 2.45) is 0 Å². The largest absolute Gasteiger partial charge is 0.417 e. The van der Waals surface area contributed by atoms with E-state index in [4.69, 9.17) is 5.73 Å². The summed E-state index contributed by atoms with van der Waals surface area (Å²) in [5.74, 6) is 0. The van der Waals surface area contributed by atoms with Crippen LogP contribution >= 0.6 is 27.7 Å². The van der Waals surface area contributed by atoms with Crippen molar-refractivity contribution < 1.29 is 13.2 Å². The van der Waals surface area contributed by atoms with Gasteiger partial charge in [-0.05, 0) is 34.3 Å². The molecule has 14 heavy (non-hydrogen) atoms. The van der Waals surface area contributed by atoms with Crippen LogP contribution in [0.5, 0.6) is 0 Å². The molecule has 0 spiro atoms. The average molecular weight is 286 g/mol. The molecule has 0 aromatic heterocycles. The normalized spacial score (nSPS) is 11.8. The van der Waals surface area contributed by atoms with Crippen LogP contribution < -0.4 is 5.73 Å². The number of anilines is 1. The molecule has 0 bridgehead atoms. The molecule has 0 heterocycles. The Morgan fingerprint density at radius 2 is 1.93 bits per heavy atom. The minimum atomic E-state index is -4.36. The molecule has 1 rings (SSSR count). The molecule has 78 valence electrons. The van der Waals surface area contributed by atoms with E-state index in [1.807, 2.05) is 0 Å². The van der Waals surface area contributed by atoms with Crippen molar-refractivity contribution >= 4 is 33.4 Å². The maximum Gasteiger partial charge on any atom is 0.417 e. The maximum atomic E-state index is 12.5. The summed E-state index contributed by atoms with van der Waals surface area (Å²) >= 11 is 4.08. The summed E-state index contributed by atoms with van der Waals surface area (Å²) in [5, 5.41) is 0. The summed E-state index contributed by atoms with van der Waals surface area (Å²) in [4.78, 5) is 0.159. The fraction of sp³-hybridized carbons (Fsp3) is 0.250. The quantitative estimate of drug-likeness (QED) is 0.628. The van der Waals surface area contributed by atoms with E-state index < -0.39 is 11.7 Å². The van der Waals surface area contributed by atoms with Crippen LogP contribution in [-0.2, 0) is 6.18 Å². The van der Waals surface area contributed by atoms with Crippen molar-refractivity contribution in [3.63, 3.8) is 0 Å². The highest BCUT2D eigenvalue weighted by Gasteiger charge is 2.34. The number of nitrogen functional groups attached to an aromatic ring is 1. The third kappa shape index (κ3) is 2.36. The SMILES string of the molecule is CSc1c(Br)cc(N)cc1C(F)(F)F. The predicted octanol–water partition coefficient (Wildman–Crippen LogP) is 3.77. The molecule has 0 atom stereocenters. The molecule has 0 amide bonds. The molecule has 1 aromatic carbocycles. The van der Waals surface area contributed by atoms with Crippen LogP contribution in [0.4, 0.5) is 18.9 Å². The van der Waals surface area contributed by atoms with Crippen LogP contribution in [0.25, 0.3) is 0 Å². The highest BCUT2D eigenvalue weighted by atomic mass is 79.9. The molecule has 0 aliphatic heterocycles. The lowest BCUT2D eigenvalue weighted by Gasteiger charge is -2.13. The zero-order chi connectivity index (χ0) is 10.9. The van der Waals surface area contributed by atoms with Gasteiger partial charge in [0.2, 0.25) is 0 Å². The van der Waals surface area contributed by atoms with Gasteiger partial charge in [0.05, 0.1) is 5.56 Å². The summed E-state index contributed by atoms with van der Waals surface area (Å²) in [7, 11) is 0. The van der Waals surface area contributed by atoms with E-state index in [2.05, 4.69) is 15.9 Å². The number of alkyl halides is 3. The van der Waals surface area contributed by atoms with Crippen molar-refractivity contribution in [2.75, 3.05) is 12.0 Å². The molecule has 1 aromatic rings. The van der Waals surface area contributed by atoms with Crippen molar-refractivity contribution in [1.82, 2.24) is 0 Å². The monoisotopic (exact) mass is 285 g/mol. The molecular weight excluding hydrogens is 279 g/mol. The first-order chi connectivity index (χ1) is 6.36. The van der Waals surface area contributed by atoms with E-state index in [-0.39, 0.29) is 10.6 Å². The van der Waals surface area contributed by atoms with Gasteiger partial charge in [0, 0.05) is 15.1 Å². The molecule has 0 unspecified atom stereocenters. The molecule has 0 aliphatic rings. The van der Waals surface area contributed by atoms with Gasteiger partial charge in [0.25, 0.3) is 0 Å². The lowest BCUT2D eigenvalue weighted by atomic mass is 10.2. The van der Waals surface area contributed by atoms with Crippen molar-refractivity contribution in [3.8, 4) is 0 Å². The van der Waals surface area contributed by atoms with E-state index in [9.17, 15) is 13.2 Å². The smallest absolute Gasteiger partial charge is 0.399 e. The summed E-state index contributed by atoms with van der Waals surface area (Å²) < 4.78 is 37.9. The average Bonchev–Trinajstić information content (AvgIpc) is 2.01. The van der Waals surface area contributed by atoms with Gasteiger partial charge in [-0.25, -0.2) is 0 Å². The molecule has 0 fully saturated rings. The molecule has 2 N–H and O–H groups in total. The summed E-state index contributed by atoms with van der Waals surface area (Å²) in [5.41, 5.74) is 4.74. The predicted molar refractivity (Wildman–Crippen MR) is 55.3 cm³/mol. The molecule has 0 saturated carbocycles. The lowest BCUT2D eigenvalue weighted by molar-refractivity contribution is -0.139. The second-order valence-electron chi connectivity index (χ2n) is 2.58. The fourth-order valence-electron chi connectivity index (χ4n) is 1.03. The van der Waals surface area contributed by atoms with Gasteiger partial charge in [0.15, 0.2) is 0 Å². The van der Waals surface area contributed by atoms with Crippen molar-refractivity contribution in [3.05, 3.63) is 22.2 Å². The second kappa shape index (κ2) is 4.02. The zero-order valence-corrected chi connectivity index (χ0v) is 9.55. The van der Waals surface area contributed by atoms with Gasteiger partial charge in [-0.2, -0.15) is 13.2 Å². The third-order valence-electron chi connectivity index (χ3n) is 1.58. The third-order valence-corrected chi connectivity index (χ3v) is 3.31. The van der Waals surface area contributed by atoms with Crippen LogP contribution in [-0.4, -0.2) is 6.26 Å². The number of rotatable bonds is 1. The Morgan fingerprint density at radius 3 is 2.36 bits per heavy atom. The van der Waals surface area contributed by atoms with Crippen LogP contribution in [0.1, 0.15) is 5.56 Å². The topological polar surface area (TPSA) is 26.0 Å². The van der Waals surface area contributed by atoms with Gasteiger partial charge in [-0.15, -0.1) is 11.8 Å². The Bertz CT molecular complexity index is 351. The number of hydrogen-bond donors (Lipinski definition) is 1. The number of thioether (sulfide) groups is 1. The van der Waals surface area contributed by atoms with E-state index in [1.54, 1.807) is 6.26 Å². The Morgan fingerprint density at radius 1 is 1.36 bits per heavy atom. The molecule has 1 nitrogen and oxygen atoms in total. The first-order valence-electron chi connectivity index (χ1n) is 3.56. The van der Waals surface area contributed by atoms with E-state index >= 15 is 0 Å². The summed E-state index contributed by atoms with van der Waals surface area (Å²) in [6.07, 6.45) is -2.78. The standard InChI is InChI=1S/C8H7BrF3NS/c1-14-7-5(8(10,11)12)2-4(13)3-6(7)9/h2-3H,13H2,1H3. The van der Waals surface area contributed by atoms with E-state index in [1.165, 1.54) is 6.07 Å². The lowest BCUT2D eigenvalue weighted by Crippen LogP contribution is -2.08. The minimum absolute atomic E-state index is 0.0991. The second-order valence-corrected chi connectivity index (χ2v) is 4.25. The van der Waals surface area contributed by atoms with Crippen LogP contribution in [0.15, 0.2) is 21.5 Å². The van der Waals surface area contributed by atoms with Crippen LogP contribution in [0.3, 0.4) is 0 Å². The highest BCUT2D eigenvalue weighted by molar-refractivity contribution is 9.10. The van der Waals surface area contributed by atoms with Gasteiger partial charge < -0.3 is 5.73 Å². The molecule has 0 saturated heterocycles. The number of nitrogens with two attached hydrogens (primary N) is 1. The highest BCUT2D eigenvalue weighted by Crippen LogP contribution is 2.41. The number of halogens is 4. The van der Waals surface area contributed by atoms with Crippen molar-refractivity contribution in [1.29, 1.82) is 0 Å². The first-order valence-corrected chi connectivity index (χ1v) is 5.58. The Labute approximate surface area is 92.0 Å². The maximum absolute atomic E-state index is 12.5. The summed E-state index contributed by atoms with van der Waals surface area (Å²) in [6, 6.07) is 2.40. The number of hydrogen-bond acceptors (Lipinski definition) is 2. The summed E-state index contributed by atoms with van der Waals surface area (Å²) in [6.45, 7) is 0. The van der Waals surface area contributed by atoms with Crippen LogP contribution in [0.2, 0.25) is 0 Å². The number of benzene rings is 1. The fourth-order valence-corrected chi connectivity index (χ4v) is 2.64. The Hall–Kier alpha value is -0.360. The Kier molecular flexibility index (Phi) is 3.36. The van der Waals surface area contributed by atoms with E-state index in [0.29, 0.717) is 4.47 Å². The first kappa shape index (κ1) is 11.7.